The van der Waals surface area contributed by atoms with Gasteiger partial charge in [0.1, 0.15) is 12.4 Å². The number of nitrogens with one attached hydrogen (secondary N) is 2. The van der Waals surface area contributed by atoms with Gasteiger partial charge in [-0.15, -0.1) is 0 Å². The van der Waals surface area contributed by atoms with E-state index in [0.717, 1.165) is 0 Å². The van der Waals surface area contributed by atoms with Gasteiger partial charge in [0.15, 0.2) is 0 Å². The third-order valence-electron chi connectivity index (χ3n) is 3.28. The minimum absolute atomic E-state index is 0.0259. The molecular weight excluding hydrogens is 285 g/mol. The molecule has 0 heterocycles. The number of nitrogens with zero attached hydrogens (tertiary/aromatic N) is 1. The fourth-order valence-corrected chi connectivity index (χ4v) is 2.08. The summed E-state index contributed by atoms with van der Waals surface area (Å²) < 4.78 is 12.8. The molecule has 1 aromatic rings. The van der Waals surface area contributed by atoms with Crippen LogP contribution in [0.1, 0.15) is 20.8 Å². The summed E-state index contributed by atoms with van der Waals surface area (Å²) in [6, 6.07) is 5.44. The molecule has 2 amide bonds. The zero-order valence-corrected chi connectivity index (χ0v) is 13.5. The summed E-state index contributed by atoms with van der Waals surface area (Å²) in [6.45, 7) is 6.10. The van der Waals surface area contributed by atoms with E-state index in [4.69, 9.17) is 0 Å². The van der Waals surface area contributed by atoms with Crippen molar-refractivity contribution in [1.29, 1.82) is 0 Å². The van der Waals surface area contributed by atoms with Crippen LogP contribution < -0.4 is 10.6 Å². The zero-order valence-electron chi connectivity index (χ0n) is 13.5. The van der Waals surface area contributed by atoms with Gasteiger partial charge in [0, 0.05) is 24.2 Å². The van der Waals surface area contributed by atoms with E-state index in [1.165, 1.54) is 24.3 Å². The second kappa shape index (κ2) is 8.48. The smallest absolute Gasteiger partial charge is 0.244 e. The number of benzene rings is 1. The first-order valence-electron chi connectivity index (χ1n) is 7.35. The number of rotatable bonds is 7. The van der Waals surface area contributed by atoms with Crippen molar-refractivity contribution in [3.05, 3.63) is 30.1 Å². The molecule has 0 aromatic heterocycles. The summed E-state index contributed by atoms with van der Waals surface area (Å²) in [5.74, 6) is -0.937. The highest BCUT2D eigenvalue weighted by Gasteiger charge is 2.24. The van der Waals surface area contributed by atoms with Crippen LogP contribution in [-0.4, -0.2) is 42.9 Å². The standard InChI is InChI=1S/C16H24FN3O2/c1-11(2)20(16(22)12(3)9-18-4)10-15(21)19-14-7-5-13(17)6-8-14/h5-8,11-12,18H,9-10H2,1-4H3,(H,19,21). The van der Waals surface area contributed by atoms with Crippen LogP contribution >= 0.6 is 0 Å². The molecule has 0 fully saturated rings. The van der Waals surface area contributed by atoms with Gasteiger partial charge >= 0.3 is 0 Å². The number of hydrogen-bond acceptors (Lipinski definition) is 3. The molecule has 1 unspecified atom stereocenters. The van der Waals surface area contributed by atoms with Crippen molar-refractivity contribution < 1.29 is 14.0 Å². The monoisotopic (exact) mass is 309 g/mol. The summed E-state index contributed by atoms with van der Waals surface area (Å²) in [5.41, 5.74) is 0.505. The van der Waals surface area contributed by atoms with Crippen LogP contribution in [0, 0.1) is 11.7 Å². The minimum Gasteiger partial charge on any atom is -0.331 e. The summed E-state index contributed by atoms with van der Waals surface area (Å²) >= 11 is 0. The molecule has 122 valence electrons. The fourth-order valence-electron chi connectivity index (χ4n) is 2.08. The van der Waals surface area contributed by atoms with E-state index in [-0.39, 0.29) is 36.1 Å². The Kier molecular flexibility index (Phi) is 6.98. The lowest BCUT2D eigenvalue weighted by Crippen LogP contribution is -2.46. The van der Waals surface area contributed by atoms with Crippen molar-refractivity contribution in [3.63, 3.8) is 0 Å². The fraction of sp³-hybridized carbons (Fsp3) is 0.500. The van der Waals surface area contributed by atoms with E-state index in [9.17, 15) is 14.0 Å². The molecule has 2 N–H and O–H groups in total. The molecule has 0 aliphatic heterocycles. The van der Waals surface area contributed by atoms with Crippen LogP contribution in [0.25, 0.3) is 0 Å². The molecule has 0 bridgehead atoms. The molecule has 0 aliphatic rings. The van der Waals surface area contributed by atoms with E-state index in [1.807, 2.05) is 20.8 Å². The molecule has 1 atom stereocenters. The van der Waals surface area contributed by atoms with Gasteiger partial charge in [-0.2, -0.15) is 0 Å². The second-order valence-corrected chi connectivity index (χ2v) is 5.57. The van der Waals surface area contributed by atoms with Gasteiger partial charge in [0.2, 0.25) is 11.8 Å². The van der Waals surface area contributed by atoms with Gasteiger partial charge in [-0.05, 0) is 45.2 Å². The number of anilines is 1. The second-order valence-electron chi connectivity index (χ2n) is 5.57. The van der Waals surface area contributed by atoms with E-state index >= 15 is 0 Å². The Morgan fingerprint density at radius 3 is 2.27 bits per heavy atom. The highest BCUT2D eigenvalue weighted by atomic mass is 19.1. The van der Waals surface area contributed by atoms with Gasteiger partial charge in [0.25, 0.3) is 0 Å². The molecule has 1 aromatic carbocycles. The predicted molar refractivity (Wildman–Crippen MR) is 85.0 cm³/mol. The number of amides is 2. The van der Waals surface area contributed by atoms with Crippen LogP contribution in [0.4, 0.5) is 10.1 Å². The zero-order chi connectivity index (χ0) is 16.7. The van der Waals surface area contributed by atoms with Crippen LogP contribution in [-0.2, 0) is 9.59 Å². The molecular formula is C16H24FN3O2. The quantitative estimate of drug-likeness (QED) is 0.808. The van der Waals surface area contributed by atoms with Gasteiger partial charge in [-0.1, -0.05) is 6.92 Å². The average Bonchev–Trinajstić information content (AvgIpc) is 2.46. The van der Waals surface area contributed by atoms with Gasteiger partial charge < -0.3 is 15.5 Å². The maximum absolute atomic E-state index is 12.8. The van der Waals surface area contributed by atoms with Crippen molar-refractivity contribution in [2.75, 3.05) is 25.5 Å². The lowest BCUT2D eigenvalue weighted by Gasteiger charge is -2.29. The van der Waals surface area contributed by atoms with Crippen molar-refractivity contribution in [2.24, 2.45) is 5.92 Å². The average molecular weight is 309 g/mol. The Morgan fingerprint density at radius 1 is 1.18 bits per heavy atom. The van der Waals surface area contributed by atoms with E-state index < -0.39 is 0 Å². The van der Waals surface area contributed by atoms with E-state index in [2.05, 4.69) is 10.6 Å². The lowest BCUT2D eigenvalue weighted by atomic mass is 10.1. The van der Waals surface area contributed by atoms with Crippen molar-refractivity contribution >= 4 is 17.5 Å². The largest absolute Gasteiger partial charge is 0.331 e. The van der Waals surface area contributed by atoms with Crippen LogP contribution in [0.2, 0.25) is 0 Å². The molecule has 22 heavy (non-hydrogen) atoms. The van der Waals surface area contributed by atoms with E-state index in [0.29, 0.717) is 12.2 Å². The normalized spacial score (nSPS) is 12.1. The Hall–Kier alpha value is -1.95. The number of carbonyl (C=O) groups excluding carboxylic acids is 2. The van der Waals surface area contributed by atoms with Gasteiger partial charge in [-0.3, -0.25) is 9.59 Å². The number of hydrogen-bond donors (Lipinski definition) is 2. The third kappa shape index (κ3) is 5.44. The van der Waals surface area contributed by atoms with Gasteiger partial charge in [0.05, 0.1) is 0 Å². The Morgan fingerprint density at radius 2 is 1.77 bits per heavy atom. The molecule has 0 spiro atoms. The van der Waals surface area contributed by atoms with E-state index in [1.54, 1.807) is 11.9 Å². The molecule has 0 saturated heterocycles. The SMILES string of the molecule is CNCC(C)C(=O)N(CC(=O)Nc1ccc(F)cc1)C(C)C. The maximum atomic E-state index is 12.8. The third-order valence-corrected chi connectivity index (χ3v) is 3.28. The molecule has 5 nitrogen and oxygen atoms in total. The Labute approximate surface area is 130 Å². The summed E-state index contributed by atoms with van der Waals surface area (Å²) in [6.07, 6.45) is 0. The van der Waals surface area contributed by atoms with Crippen LogP contribution in [0.5, 0.6) is 0 Å². The van der Waals surface area contributed by atoms with Gasteiger partial charge in [-0.25, -0.2) is 4.39 Å². The Bertz CT molecular complexity index is 503. The summed E-state index contributed by atoms with van der Waals surface area (Å²) in [4.78, 5) is 26.0. The lowest BCUT2D eigenvalue weighted by molar-refractivity contribution is -0.139. The molecule has 1 rings (SSSR count). The molecule has 0 saturated carbocycles. The minimum atomic E-state index is -0.363. The number of carbonyl (C=O) groups is 2. The van der Waals surface area contributed by atoms with Crippen molar-refractivity contribution in [1.82, 2.24) is 10.2 Å². The van der Waals surface area contributed by atoms with Crippen molar-refractivity contribution in [3.8, 4) is 0 Å². The van der Waals surface area contributed by atoms with Crippen LogP contribution in [0.3, 0.4) is 0 Å². The molecule has 6 heteroatoms. The predicted octanol–water partition coefficient (Wildman–Crippen LogP) is 1.86. The maximum Gasteiger partial charge on any atom is 0.244 e. The topological polar surface area (TPSA) is 61.4 Å². The summed E-state index contributed by atoms with van der Waals surface area (Å²) in [5, 5.41) is 5.62. The molecule has 0 aliphatic carbocycles. The first-order valence-corrected chi connectivity index (χ1v) is 7.35. The highest BCUT2D eigenvalue weighted by Crippen LogP contribution is 2.10. The van der Waals surface area contributed by atoms with Crippen molar-refractivity contribution in [2.45, 2.75) is 26.8 Å². The first kappa shape index (κ1) is 18.1. The number of halogens is 1. The summed E-state index contributed by atoms with van der Waals surface area (Å²) in [7, 11) is 1.78. The molecule has 0 radical (unpaired) electrons. The van der Waals surface area contributed by atoms with Crippen LogP contribution in [0.15, 0.2) is 24.3 Å². The highest BCUT2D eigenvalue weighted by molar-refractivity contribution is 5.94. The first-order chi connectivity index (χ1) is 10.3. The Balaban J connectivity index is 2.68.